The van der Waals surface area contributed by atoms with Crippen LogP contribution in [-0.2, 0) is 4.74 Å². The van der Waals surface area contributed by atoms with Crippen molar-refractivity contribution in [2.75, 3.05) is 12.5 Å². The minimum Gasteiger partial charge on any atom is -0.379 e. The van der Waals surface area contributed by atoms with Crippen molar-refractivity contribution in [1.29, 1.82) is 0 Å². The van der Waals surface area contributed by atoms with Crippen molar-refractivity contribution in [3.05, 3.63) is 0 Å². The van der Waals surface area contributed by atoms with Gasteiger partial charge < -0.3 is 4.74 Å². The Bertz CT molecular complexity index is 141. The van der Waals surface area contributed by atoms with E-state index in [9.17, 15) is 0 Å². The van der Waals surface area contributed by atoms with Gasteiger partial charge in [0, 0.05) is 12.5 Å². The standard InChI is InChI=1S/C12H23ClO/c1-10(2)14-8-7-12(9-13)11-5-3-4-6-11/h10-12H,3-9H2,1-2H3. The molecule has 0 aromatic heterocycles. The summed E-state index contributed by atoms with van der Waals surface area (Å²) in [6.45, 7) is 5.06. The number of halogens is 1. The minimum atomic E-state index is 0.356. The Kier molecular flexibility index (Phi) is 5.88. The molecule has 0 aliphatic heterocycles. The molecule has 1 unspecified atom stereocenters. The van der Waals surface area contributed by atoms with E-state index in [1.54, 1.807) is 0 Å². The molecule has 0 radical (unpaired) electrons. The molecule has 0 N–H and O–H groups in total. The van der Waals surface area contributed by atoms with Crippen LogP contribution in [0.2, 0.25) is 0 Å². The van der Waals surface area contributed by atoms with Gasteiger partial charge in [0.15, 0.2) is 0 Å². The zero-order valence-electron chi connectivity index (χ0n) is 9.47. The zero-order chi connectivity index (χ0) is 10.4. The average molecular weight is 219 g/mol. The quantitative estimate of drug-likeness (QED) is 0.616. The summed E-state index contributed by atoms with van der Waals surface area (Å²) in [6, 6.07) is 0. The smallest absolute Gasteiger partial charge is 0.0518 e. The summed E-state index contributed by atoms with van der Waals surface area (Å²) < 4.78 is 5.58. The van der Waals surface area contributed by atoms with Crippen LogP contribution in [0.15, 0.2) is 0 Å². The molecular formula is C12H23ClO. The summed E-state index contributed by atoms with van der Waals surface area (Å²) in [4.78, 5) is 0. The maximum absolute atomic E-state index is 6.01. The molecule has 0 aromatic carbocycles. The van der Waals surface area contributed by atoms with Gasteiger partial charge in [-0.25, -0.2) is 0 Å². The van der Waals surface area contributed by atoms with Crippen molar-refractivity contribution in [2.45, 2.75) is 52.1 Å². The van der Waals surface area contributed by atoms with Crippen molar-refractivity contribution >= 4 is 11.6 Å². The molecule has 14 heavy (non-hydrogen) atoms. The summed E-state index contributed by atoms with van der Waals surface area (Å²) in [5, 5.41) is 0. The van der Waals surface area contributed by atoms with Crippen LogP contribution in [0.25, 0.3) is 0 Å². The zero-order valence-corrected chi connectivity index (χ0v) is 10.2. The third-order valence-corrected chi connectivity index (χ3v) is 3.60. The highest BCUT2D eigenvalue weighted by Gasteiger charge is 2.23. The summed E-state index contributed by atoms with van der Waals surface area (Å²) in [5.41, 5.74) is 0. The first-order valence-corrected chi connectivity index (χ1v) is 6.45. The monoisotopic (exact) mass is 218 g/mol. The van der Waals surface area contributed by atoms with Crippen molar-refractivity contribution < 1.29 is 4.74 Å². The minimum absolute atomic E-state index is 0.356. The van der Waals surface area contributed by atoms with E-state index in [-0.39, 0.29) is 0 Å². The predicted molar refractivity (Wildman–Crippen MR) is 61.9 cm³/mol. The molecule has 0 heterocycles. The van der Waals surface area contributed by atoms with Crippen molar-refractivity contribution in [3.8, 4) is 0 Å². The molecule has 0 aromatic rings. The van der Waals surface area contributed by atoms with E-state index in [4.69, 9.17) is 16.3 Å². The van der Waals surface area contributed by atoms with Crippen LogP contribution in [0.4, 0.5) is 0 Å². The molecule has 2 heteroatoms. The molecule has 1 saturated carbocycles. The Labute approximate surface area is 93.2 Å². The fraction of sp³-hybridized carbons (Fsp3) is 1.00. The third kappa shape index (κ3) is 4.18. The van der Waals surface area contributed by atoms with Gasteiger partial charge in [-0.05, 0) is 32.1 Å². The average Bonchev–Trinajstić information content (AvgIpc) is 2.64. The highest BCUT2D eigenvalue weighted by molar-refractivity contribution is 6.18. The van der Waals surface area contributed by atoms with Gasteiger partial charge >= 0.3 is 0 Å². The molecule has 1 atom stereocenters. The Hall–Kier alpha value is 0.250. The van der Waals surface area contributed by atoms with Crippen LogP contribution in [0.1, 0.15) is 46.0 Å². The van der Waals surface area contributed by atoms with E-state index in [2.05, 4.69) is 13.8 Å². The highest BCUT2D eigenvalue weighted by atomic mass is 35.5. The summed E-state index contributed by atoms with van der Waals surface area (Å²) >= 11 is 6.01. The van der Waals surface area contributed by atoms with Crippen LogP contribution >= 0.6 is 11.6 Å². The lowest BCUT2D eigenvalue weighted by molar-refractivity contribution is 0.0649. The van der Waals surface area contributed by atoms with E-state index in [1.807, 2.05) is 0 Å². The number of ether oxygens (including phenoxy) is 1. The summed E-state index contributed by atoms with van der Waals surface area (Å²) in [5.74, 6) is 2.38. The van der Waals surface area contributed by atoms with Gasteiger partial charge in [0.05, 0.1) is 6.10 Å². The lowest BCUT2D eigenvalue weighted by Gasteiger charge is -2.21. The first-order valence-electron chi connectivity index (χ1n) is 5.91. The molecule has 0 bridgehead atoms. The van der Waals surface area contributed by atoms with Crippen LogP contribution in [0.5, 0.6) is 0 Å². The van der Waals surface area contributed by atoms with Crippen LogP contribution in [0, 0.1) is 11.8 Å². The molecule has 1 fully saturated rings. The van der Waals surface area contributed by atoms with Gasteiger partial charge in [-0.3, -0.25) is 0 Å². The molecule has 1 rings (SSSR count). The van der Waals surface area contributed by atoms with Gasteiger partial charge in [-0.15, -0.1) is 11.6 Å². The van der Waals surface area contributed by atoms with Crippen LogP contribution < -0.4 is 0 Å². The van der Waals surface area contributed by atoms with E-state index < -0.39 is 0 Å². The lowest BCUT2D eigenvalue weighted by atomic mass is 9.90. The first-order chi connectivity index (χ1) is 6.74. The van der Waals surface area contributed by atoms with Gasteiger partial charge in [-0.2, -0.15) is 0 Å². The SMILES string of the molecule is CC(C)OCCC(CCl)C1CCCC1. The highest BCUT2D eigenvalue weighted by Crippen LogP contribution is 2.33. The Morgan fingerprint density at radius 3 is 2.43 bits per heavy atom. The predicted octanol–water partition coefficient (Wildman–Crippen LogP) is 3.85. The largest absolute Gasteiger partial charge is 0.379 e. The summed E-state index contributed by atoms with van der Waals surface area (Å²) in [6.07, 6.45) is 7.09. The number of alkyl halides is 1. The van der Waals surface area contributed by atoms with Gasteiger partial charge in [0.2, 0.25) is 0 Å². The van der Waals surface area contributed by atoms with Gasteiger partial charge in [0.1, 0.15) is 0 Å². The van der Waals surface area contributed by atoms with Crippen molar-refractivity contribution in [3.63, 3.8) is 0 Å². The Balaban J connectivity index is 2.17. The van der Waals surface area contributed by atoms with Crippen LogP contribution in [0.3, 0.4) is 0 Å². The molecule has 1 aliphatic rings. The maximum atomic E-state index is 6.01. The molecule has 1 nitrogen and oxygen atoms in total. The molecule has 0 saturated heterocycles. The second-order valence-corrected chi connectivity index (χ2v) is 4.98. The molecular weight excluding hydrogens is 196 g/mol. The topological polar surface area (TPSA) is 9.23 Å². The van der Waals surface area contributed by atoms with Gasteiger partial charge in [-0.1, -0.05) is 25.7 Å². The van der Waals surface area contributed by atoms with E-state index in [0.29, 0.717) is 12.0 Å². The van der Waals surface area contributed by atoms with Crippen molar-refractivity contribution in [2.24, 2.45) is 11.8 Å². The fourth-order valence-electron chi connectivity index (χ4n) is 2.32. The van der Waals surface area contributed by atoms with Gasteiger partial charge in [0.25, 0.3) is 0 Å². The number of hydrogen-bond donors (Lipinski definition) is 0. The second-order valence-electron chi connectivity index (χ2n) is 4.67. The number of hydrogen-bond acceptors (Lipinski definition) is 1. The Morgan fingerprint density at radius 2 is 1.93 bits per heavy atom. The fourth-order valence-corrected chi connectivity index (χ4v) is 2.73. The van der Waals surface area contributed by atoms with Crippen molar-refractivity contribution in [1.82, 2.24) is 0 Å². The Morgan fingerprint density at radius 1 is 1.29 bits per heavy atom. The lowest BCUT2D eigenvalue weighted by Crippen LogP contribution is -2.17. The first kappa shape index (κ1) is 12.3. The molecule has 84 valence electrons. The second kappa shape index (κ2) is 6.68. The maximum Gasteiger partial charge on any atom is 0.0518 e. The van der Waals surface area contributed by atoms with Crippen LogP contribution in [-0.4, -0.2) is 18.6 Å². The molecule has 0 spiro atoms. The van der Waals surface area contributed by atoms with E-state index in [1.165, 1.54) is 25.7 Å². The summed E-state index contributed by atoms with van der Waals surface area (Å²) in [7, 11) is 0. The van der Waals surface area contributed by atoms with E-state index >= 15 is 0 Å². The third-order valence-electron chi connectivity index (χ3n) is 3.20. The normalized spacial score (nSPS) is 20.6. The molecule has 1 aliphatic carbocycles. The number of rotatable bonds is 6. The molecule has 0 amide bonds. The van der Waals surface area contributed by atoms with E-state index in [0.717, 1.165) is 24.8 Å².